The molecule has 0 aliphatic carbocycles. The first-order chi connectivity index (χ1) is 10.6. The van der Waals surface area contributed by atoms with Gasteiger partial charge in [-0.05, 0) is 29.8 Å². The van der Waals surface area contributed by atoms with Crippen molar-refractivity contribution in [2.24, 2.45) is 0 Å². The number of nitrogens with one attached hydrogen (secondary N) is 1. The van der Waals surface area contributed by atoms with E-state index in [9.17, 15) is 9.90 Å². The number of hydrogen-bond acceptors (Lipinski definition) is 5. The molecule has 0 fully saturated rings. The number of rotatable bonds is 3. The molecule has 7 heteroatoms. The second kappa shape index (κ2) is 5.36. The zero-order valence-electron chi connectivity index (χ0n) is 12.1. The van der Waals surface area contributed by atoms with Crippen LogP contribution in [0, 0.1) is 0 Å². The maximum Gasteiger partial charge on any atom is 0.249 e. The molecule has 0 bridgehead atoms. The number of anilines is 1. The fraction of sp³-hybridized carbons (Fsp3) is 0.133. The highest BCUT2D eigenvalue weighted by molar-refractivity contribution is 5.86. The summed E-state index contributed by atoms with van der Waals surface area (Å²) in [7, 11) is 1.50. The number of aromatic nitrogens is 3. The van der Waals surface area contributed by atoms with Crippen molar-refractivity contribution in [3.8, 4) is 22.6 Å². The Labute approximate surface area is 126 Å². The van der Waals surface area contributed by atoms with Crippen molar-refractivity contribution in [1.82, 2.24) is 14.6 Å². The Hall–Kier alpha value is -3.09. The van der Waals surface area contributed by atoms with Gasteiger partial charge in [0.2, 0.25) is 11.9 Å². The van der Waals surface area contributed by atoms with Crippen LogP contribution < -0.4 is 10.1 Å². The SMILES string of the molecule is COc1cc(-c2ccc3nc(NC(C)=O)nn3c2)ccc1O. The number of pyridine rings is 1. The van der Waals surface area contributed by atoms with E-state index in [4.69, 9.17) is 4.74 Å². The standard InChI is InChI=1S/C15H14N4O3/c1-9(20)16-15-17-14-6-4-11(8-19(14)18-15)10-3-5-12(21)13(7-10)22-2/h3-8,21H,1-2H3,(H,16,18,20). The molecule has 2 aromatic heterocycles. The molecule has 0 unspecified atom stereocenters. The van der Waals surface area contributed by atoms with Gasteiger partial charge >= 0.3 is 0 Å². The van der Waals surface area contributed by atoms with E-state index >= 15 is 0 Å². The average Bonchev–Trinajstić information content (AvgIpc) is 2.88. The van der Waals surface area contributed by atoms with Crippen LogP contribution in [0.2, 0.25) is 0 Å². The number of amides is 1. The topological polar surface area (TPSA) is 88.8 Å². The number of ether oxygens (including phenoxy) is 1. The lowest BCUT2D eigenvalue weighted by Gasteiger charge is -2.07. The summed E-state index contributed by atoms with van der Waals surface area (Å²) in [6.45, 7) is 1.40. The maximum atomic E-state index is 11.0. The van der Waals surface area contributed by atoms with Gasteiger partial charge in [0, 0.05) is 18.7 Å². The fourth-order valence-corrected chi connectivity index (χ4v) is 2.12. The number of aromatic hydroxyl groups is 1. The molecule has 3 rings (SSSR count). The fourth-order valence-electron chi connectivity index (χ4n) is 2.12. The van der Waals surface area contributed by atoms with Crippen molar-refractivity contribution >= 4 is 17.5 Å². The highest BCUT2D eigenvalue weighted by Crippen LogP contribution is 2.31. The van der Waals surface area contributed by atoms with Gasteiger partial charge in [0.05, 0.1) is 7.11 Å². The number of hydrogen-bond donors (Lipinski definition) is 2. The van der Waals surface area contributed by atoms with Crippen LogP contribution in [0.1, 0.15) is 6.92 Å². The minimum Gasteiger partial charge on any atom is -0.504 e. The number of benzene rings is 1. The molecule has 1 amide bonds. The van der Waals surface area contributed by atoms with Gasteiger partial charge in [0.25, 0.3) is 0 Å². The smallest absolute Gasteiger partial charge is 0.249 e. The summed E-state index contributed by atoms with van der Waals surface area (Å²) in [5.74, 6) is 0.517. The number of phenolic OH excluding ortho intramolecular Hbond substituents is 1. The molecule has 1 aromatic carbocycles. The lowest BCUT2D eigenvalue weighted by atomic mass is 10.1. The third-order valence-electron chi connectivity index (χ3n) is 3.13. The Bertz CT molecular complexity index is 857. The van der Waals surface area contributed by atoms with Gasteiger partial charge in [-0.3, -0.25) is 10.1 Å². The molecule has 0 spiro atoms. The van der Waals surface area contributed by atoms with Crippen molar-refractivity contribution in [2.75, 3.05) is 12.4 Å². The van der Waals surface area contributed by atoms with Gasteiger partial charge in [0.1, 0.15) is 0 Å². The van der Waals surface area contributed by atoms with Crippen LogP contribution in [0.4, 0.5) is 5.95 Å². The summed E-state index contributed by atoms with van der Waals surface area (Å²) in [6, 6.07) is 8.77. The third-order valence-corrected chi connectivity index (χ3v) is 3.13. The summed E-state index contributed by atoms with van der Waals surface area (Å²) >= 11 is 0. The van der Waals surface area contributed by atoms with Crippen LogP contribution in [0.25, 0.3) is 16.8 Å². The number of phenols is 1. The van der Waals surface area contributed by atoms with E-state index in [1.807, 2.05) is 6.07 Å². The molecule has 0 saturated carbocycles. The monoisotopic (exact) mass is 298 g/mol. The number of nitrogens with zero attached hydrogens (tertiary/aromatic N) is 3. The molecule has 2 N–H and O–H groups in total. The zero-order chi connectivity index (χ0) is 15.7. The number of carbonyl (C=O) groups is 1. The van der Waals surface area contributed by atoms with Crippen LogP contribution in [0.15, 0.2) is 36.5 Å². The summed E-state index contributed by atoms with van der Waals surface area (Å²) in [4.78, 5) is 15.2. The summed E-state index contributed by atoms with van der Waals surface area (Å²) in [5, 5.41) is 16.4. The summed E-state index contributed by atoms with van der Waals surface area (Å²) in [5.41, 5.74) is 2.37. The first-order valence-electron chi connectivity index (χ1n) is 6.58. The highest BCUT2D eigenvalue weighted by atomic mass is 16.5. The van der Waals surface area contributed by atoms with E-state index in [0.29, 0.717) is 11.4 Å². The van der Waals surface area contributed by atoms with Crippen molar-refractivity contribution in [3.63, 3.8) is 0 Å². The van der Waals surface area contributed by atoms with Crippen LogP contribution in [-0.4, -0.2) is 32.7 Å². The van der Waals surface area contributed by atoms with Gasteiger partial charge in [-0.2, -0.15) is 4.98 Å². The second-order valence-corrected chi connectivity index (χ2v) is 4.72. The average molecular weight is 298 g/mol. The zero-order valence-corrected chi connectivity index (χ0v) is 12.1. The Balaban J connectivity index is 2.02. The highest BCUT2D eigenvalue weighted by Gasteiger charge is 2.08. The molecule has 0 radical (unpaired) electrons. The maximum absolute atomic E-state index is 11.0. The molecule has 22 heavy (non-hydrogen) atoms. The second-order valence-electron chi connectivity index (χ2n) is 4.72. The van der Waals surface area contributed by atoms with E-state index in [1.165, 1.54) is 14.0 Å². The minimum atomic E-state index is -0.223. The minimum absolute atomic E-state index is 0.0843. The molecule has 2 heterocycles. The first kappa shape index (κ1) is 13.9. The lowest BCUT2D eigenvalue weighted by molar-refractivity contribution is -0.114. The van der Waals surface area contributed by atoms with E-state index in [2.05, 4.69) is 15.4 Å². The van der Waals surface area contributed by atoms with Crippen molar-refractivity contribution in [2.45, 2.75) is 6.92 Å². The molecule has 0 aliphatic rings. The molecule has 0 saturated heterocycles. The summed E-state index contributed by atoms with van der Waals surface area (Å²) in [6.07, 6.45) is 1.79. The van der Waals surface area contributed by atoms with Crippen LogP contribution in [-0.2, 0) is 4.79 Å². The van der Waals surface area contributed by atoms with Gasteiger partial charge in [-0.1, -0.05) is 6.07 Å². The van der Waals surface area contributed by atoms with E-state index in [0.717, 1.165) is 11.1 Å². The van der Waals surface area contributed by atoms with Gasteiger partial charge in [0.15, 0.2) is 17.1 Å². The summed E-state index contributed by atoms with van der Waals surface area (Å²) < 4.78 is 6.69. The molecule has 3 aromatic rings. The molecule has 0 aliphatic heterocycles. The van der Waals surface area contributed by atoms with E-state index in [-0.39, 0.29) is 17.6 Å². The van der Waals surface area contributed by atoms with Crippen LogP contribution in [0.5, 0.6) is 11.5 Å². The van der Waals surface area contributed by atoms with Gasteiger partial charge < -0.3 is 9.84 Å². The largest absolute Gasteiger partial charge is 0.504 e. The Kier molecular flexibility index (Phi) is 3.38. The van der Waals surface area contributed by atoms with Gasteiger partial charge in [-0.15, -0.1) is 5.10 Å². The predicted octanol–water partition coefficient (Wildman–Crippen LogP) is 2.07. The Morgan fingerprint density at radius 3 is 2.77 bits per heavy atom. The van der Waals surface area contributed by atoms with Gasteiger partial charge in [-0.25, -0.2) is 4.52 Å². The molecule has 0 atom stereocenters. The number of fused-ring (bicyclic) bond motifs is 1. The quantitative estimate of drug-likeness (QED) is 0.772. The number of carbonyl (C=O) groups excluding carboxylic acids is 1. The van der Waals surface area contributed by atoms with Crippen molar-refractivity contribution < 1.29 is 14.6 Å². The lowest BCUT2D eigenvalue weighted by Crippen LogP contribution is -2.07. The van der Waals surface area contributed by atoms with Crippen LogP contribution >= 0.6 is 0 Å². The predicted molar refractivity (Wildman–Crippen MR) is 80.9 cm³/mol. The van der Waals surface area contributed by atoms with Crippen molar-refractivity contribution in [3.05, 3.63) is 36.5 Å². The third kappa shape index (κ3) is 2.56. The van der Waals surface area contributed by atoms with Crippen molar-refractivity contribution in [1.29, 1.82) is 0 Å². The Morgan fingerprint density at radius 2 is 2.05 bits per heavy atom. The normalized spacial score (nSPS) is 10.6. The van der Waals surface area contributed by atoms with E-state index in [1.54, 1.807) is 35.0 Å². The Morgan fingerprint density at radius 1 is 1.27 bits per heavy atom. The van der Waals surface area contributed by atoms with E-state index < -0.39 is 0 Å². The first-order valence-corrected chi connectivity index (χ1v) is 6.58. The number of methoxy groups -OCH3 is 1. The molecular weight excluding hydrogens is 284 g/mol. The van der Waals surface area contributed by atoms with Crippen LogP contribution in [0.3, 0.4) is 0 Å². The molecular formula is C15H14N4O3. The molecule has 112 valence electrons. The molecule has 7 nitrogen and oxygen atoms in total.